The Bertz CT molecular complexity index is 403. The number of rotatable bonds is 3. The molecule has 1 N–H and O–H groups in total. The first-order chi connectivity index (χ1) is 9.62. The first-order valence-corrected chi connectivity index (χ1v) is 8.71. The van der Waals surface area contributed by atoms with Crippen molar-refractivity contribution in [2.45, 2.75) is 82.8 Å². The van der Waals surface area contributed by atoms with E-state index in [9.17, 15) is 4.79 Å². The molecule has 1 amide bonds. The van der Waals surface area contributed by atoms with Gasteiger partial charge in [0.25, 0.3) is 0 Å². The summed E-state index contributed by atoms with van der Waals surface area (Å²) in [7, 11) is 0. The number of nitrogens with zero attached hydrogens (tertiary/aromatic N) is 1. The molecule has 0 aromatic rings. The van der Waals surface area contributed by atoms with E-state index in [2.05, 4.69) is 17.1 Å². The molecule has 4 rings (SSSR count). The highest BCUT2D eigenvalue weighted by atomic mass is 16.2. The van der Waals surface area contributed by atoms with Crippen LogP contribution in [0.25, 0.3) is 0 Å². The zero-order valence-electron chi connectivity index (χ0n) is 12.8. The highest BCUT2D eigenvalue weighted by Gasteiger charge is 2.60. The van der Waals surface area contributed by atoms with Crippen molar-refractivity contribution in [1.82, 2.24) is 10.2 Å². The zero-order valence-corrected chi connectivity index (χ0v) is 12.8. The van der Waals surface area contributed by atoms with Gasteiger partial charge in [-0.15, -0.1) is 0 Å². The minimum absolute atomic E-state index is 0.123. The zero-order chi connectivity index (χ0) is 13.8. The van der Waals surface area contributed by atoms with Gasteiger partial charge in [-0.3, -0.25) is 10.1 Å². The van der Waals surface area contributed by atoms with Crippen molar-refractivity contribution in [3.8, 4) is 0 Å². The second kappa shape index (κ2) is 4.46. The molecule has 1 aliphatic heterocycles. The molecule has 3 nitrogen and oxygen atoms in total. The number of carbonyl (C=O) groups is 1. The molecule has 0 aromatic carbocycles. The van der Waals surface area contributed by atoms with Gasteiger partial charge in [0.05, 0.1) is 11.7 Å². The van der Waals surface area contributed by atoms with Crippen LogP contribution in [0.3, 0.4) is 0 Å². The lowest BCUT2D eigenvalue weighted by molar-refractivity contribution is -0.132. The quantitative estimate of drug-likeness (QED) is 0.859. The summed E-state index contributed by atoms with van der Waals surface area (Å²) in [6, 6.07) is 0. The average molecular weight is 276 g/mol. The molecule has 4 fully saturated rings. The van der Waals surface area contributed by atoms with Gasteiger partial charge in [-0.25, -0.2) is 0 Å². The van der Waals surface area contributed by atoms with Gasteiger partial charge in [-0.2, -0.15) is 0 Å². The smallest absolute Gasteiger partial charge is 0.244 e. The maximum atomic E-state index is 12.9. The number of amides is 1. The molecule has 4 aliphatic rings. The van der Waals surface area contributed by atoms with E-state index < -0.39 is 0 Å². The van der Waals surface area contributed by atoms with Crippen LogP contribution < -0.4 is 5.32 Å². The molecule has 0 bridgehead atoms. The summed E-state index contributed by atoms with van der Waals surface area (Å²) in [5.74, 6) is 1.14. The summed E-state index contributed by atoms with van der Waals surface area (Å²) in [4.78, 5) is 15.1. The Morgan fingerprint density at radius 3 is 2.35 bits per heavy atom. The van der Waals surface area contributed by atoms with Crippen molar-refractivity contribution in [3.05, 3.63) is 0 Å². The second-order valence-electron chi connectivity index (χ2n) is 8.17. The highest BCUT2D eigenvalue weighted by Crippen LogP contribution is 2.47. The first-order valence-electron chi connectivity index (χ1n) is 8.71. The van der Waals surface area contributed by atoms with Gasteiger partial charge in [0, 0.05) is 6.54 Å². The minimum atomic E-state index is -0.123. The van der Waals surface area contributed by atoms with Crippen LogP contribution in [0.2, 0.25) is 0 Å². The number of hydrogen-bond acceptors (Lipinski definition) is 2. The lowest BCUT2D eigenvalue weighted by atomic mass is 9.87. The van der Waals surface area contributed by atoms with Crippen LogP contribution >= 0.6 is 0 Å². The van der Waals surface area contributed by atoms with E-state index in [1.165, 1.54) is 51.4 Å². The van der Waals surface area contributed by atoms with Crippen molar-refractivity contribution < 1.29 is 4.79 Å². The van der Waals surface area contributed by atoms with Gasteiger partial charge in [0.1, 0.15) is 0 Å². The third-order valence-electron chi connectivity index (χ3n) is 6.39. The summed E-state index contributed by atoms with van der Waals surface area (Å²) < 4.78 is 0. The highest BCUT2D eigenvalue weighted by molar-refractivity contribution is 5.91. The lowest BCUT2D eigenvalue weighted by Gasteiger charge is -2.35. The summed E-state index contributed by atoms with van der Waals surface area (Å²) in [6.45, 7) is 3.40. The van der Waals surface area contributed by atoms with Crippen molar-refractivity contribution in [2.24, 2.45) is 11.3 Å². The van der Waals surface area contributed by atoms with Crippen LogP contribution in [0.5, 0.6) is 0 Å². The molecule has 3 aliphatic carbocycles. The molecule has 3 saturated carbocycles. The van der Waals surface area contributed by atoms with Gasteiger partial charge in [0.2, 0.25) is 5.91 Å². The van der Waals surface area contributed by atoms with Gasteiger partial charge >= 0.3 is 0 Å². The number of carbonyl (C=O) groups excluding carboxylic acids is 1. The third-order valence-corrected chi connectivity index (χ3v) is 6.39. The van der Waals surface area contributed by atoms with Crippen LogP contribution in [0.1, 0.15) is 71.1 Å². The van der Waals surface area contributed by atoms with Crippen LogP contribution in [-0.2, 0) is 4.79 Å². The van der Waals surface area contributed by atoms with Crippen LogP contribution in [0.4, 0.5) is 0 Å². The van der Waals surface area contributed by atoms with Gasteiger partial charge in [-0.1, -0.05) is 32.6 Å². The van der Waals surface area contributed by atoms with Crippen LogP contribution in [0.15, 0.2) is 0 Å². The monoisotopic (exact) mass is 276 g/mol. The van der Waals surface area contributed by atoms with Crippen molar-refractivity contribution in [2.75, 3.05) is 6.54 Å². The van der Waals surface area contributed by atoms with Gasteiger partial charge in [-0.05, 0) is 49.9 Å². The third kappa shape index (κ3) is 2.01. The molecule has 112 valence electrons. The Kier molecular flexibility index (Phi) is 2.93. The standard InChI is InChI=1S/C17H28N2O/c1-16(8-4-5-9-16)12-19-14(13-6-2-3-7-13)18-17(10-11-17)15(19)20/h13-14,18H,2-12H2,1H3. The van der Waals surface area contributed by atoms with Crippen molar-refractivity contribution in [1.29, 1.82) is 0 Å². The van der Waals surface area contributed by atoms with Gasteiger partial charge < -0.3 is 4.90 Å². The van der Waals surface area contributed by atoms with Gasteiger partial charge in [0.15, 0.2) is 0 Å². The Hall–Kier alpha value is -0.570. The molecule has 1 unspecified atom stereocenters. The fourth-order valence-corrected chi connectivity index (χ4v) is 4.92. The fourth-order valence-electron chi connectivity index (χ4n) is 4.92. The molecule has 0 radical (unpaired) electrons. The molecule has 3 heteroatoms. The molecule has 1 atom stereocenters. The minimum Gasteiger partial charge on any atom is -0.325 e. The number of hydrogen-bond donors (Lipinski definition) is 1. The molecular weight excluding hydrogens is 248 g/mol. The predicted molar refractivity (Wildman–Crippen MR) is 79.1 cm³/mol. The largest absolute Gasteiger partial charge is 0.325 e. The van der Waals surface area contributed by atoms with Crippen LogP contribution in [-0.4, -0.2) is 29.1 Å². The fraction of sp³-hybridized carbons (Fsp3) is 0.941. The maximum Gasteiger partial charge on any atom is 0.244 e. The molecule has 0 aromatic heterocycles. The first kappa shape index (κ1) is 13.1. The average Bonchev–Trinajstić information content (AvgIpc) is 2.82. The molecular formula is C17H28N2O. The molecule has 1 heterocycles. The topological polar surface area (TPSA) is 32.3 Å². The van der Waals surface area contributed by atoms with E-state index in [1.54, 1.807) is 0 Å². The van der Waals surface area contributed by atoms with E-state index in [1.807, 2.05) is 0 Å². The molecule has 1 saturated heterocycles. The Morgan fingerprint density at radius 2 is 1.75 bits per heavy atom. The summed E-state index contributed by atoms with van der Waals surface area (Å²) in [5, 5.41) is 3.75. The Morgan fingerprint density at radius 1 is 1.10 bits per heavy atom. The van der Waals surface area contributed by atoms with E-state index in [4.69, 9.17) is 0 Å². The van der Waals surface area contributed by atoms with Crippen molar-refractivity contribution >= 4 is 5.91 Å². The maximum absolute atomic E-state index is 12.9. The Labute approximate surface area is 122 Å². The molecule has 1 spiro atoms. The lowest BCUT2D eigenvalue weighted by Crippen LogP contribution is -2.46. The van der Waals surface area contributed by atoms with E-state index in [0.717, 1.165) is 19.4 Å². The summed E-state index contributed by atoms with van der Waals surface area (Å²) in [5.41, 5.74) is 0.261. The normalized spacial score (nSPS) is 35.4. The Balaban J connectivity index is 1.55. The van der Waals surface area contributed by atoms with Crippen molar-refractivity contribution in [3.63, 3.8) is 0 Å². The SMILES string of the molecule is CC1(CN2C(=O)C3(CC3)NC2C2CCCC2)CCCC1. The predicted octanol–water partition coefficient (Wildman–Crippen LogP) is 3.05. The van der Waals surface area contributed by atoms with Crippen LogP contribution in [0, 0.1) is 11.3 Å². The summed E-state index contributed by atoms with van der Waals surface area (Å²) >= 11 is 0. The van der Waals surface area contributed by atoms with E-state index in [0.29, 0.717) is 23.4 Å². The van der Waals surface area contributed by atoms with E-state index in [-0.39, 0.29) is 5.54 Å². The summed E-state index contributed by atoms with van der Waals surface area (Å²) in [6.07, 6.45) is 13.2. The molecule has 20 heavy (non-hydrogen) atoms. The number of nitrogens with one attached hydrogen (secondary N) is 1. The second-order valence-corrected chi connectivity index (χ2v) is 8.17. The van der Waals surface area contributed by atoms with E-state index >= 15 is 0 Å².